The molecule has 104 valence electrons. The van der Waals surface area contributed by atoms with Gasteiger partial charge in [-0.3, -0.25) is 0 Å². The Balaban J connectivity index is 1.55. The molecule has 0 bridgehead atoms. The van der Waals surface area contributed by atoms with Crippen LogP contribution in [0.1, 0.15) is 30.7 Å². The van der Waals surface area contributed by atoms with Crippen LogP contribution in [0.25, 0.3) is 0 Å². The molecule has 0 spiro atoms. The summed E-state index contributed by atoms with van der Waals surface area (Å²) >= 11 is 0. The number of alkyl halides is 3. The molecule has 1 aromatic carbocycles. The summed E-state index contributed by atoms with van der Waals surface area (Å²) in [4.78, 5) is 0. The molecule has 1 aliphatic heterocycles. The number of hydrogen-bond acceptors (Lipinski definition) is 2. The molecular weight excluding hydrogens is 253 g/mol. The van der Waals surface area contributed by atoms with Gasteiger partial charge in [0.2, 0.25) is 0 Å². The Labute approximate surface area is 110 Å². The molecule has 1 saturated carbocycles. The van der Waals surface area contributed by atoms with Crippen LogP contribution in [0.2, 0.25) is 0 Å². The second kappa shape index (κ2) is 4.40. The standard InChI is InChI=1S/C14H17F3N2/c15-14(16,17)13(6-7-13)19-8-5-10-9-18-12-4-2-1-3-11(10)12/h1-4,10,18-19H,5-9H2. The smallest absolute Gasteiger partial charge is 0.384 e. The van der Waals surface area contributed by atoms with E-state index in [9.17, 15) is 13.2 Å². The van der Waals surface area contributed by atoms with Crippen molar-refractivity contribution in [2.75, 3.05) is 18.4 Å². The van der Waals surface area contributed by atoms with E-state index in [0.717, 1.165) is 18.7 Å². The van der Waals surface area contributed by atoms with E-state index in [-0.39, 0.29) is 12.8 Å². The van der Waals surface area contributed by atoms with Gasteiger partial charge in [0.05, 0.1) is 0 Å². The predicted octanol–water partition coefficient (Wildman–Crippen LogP) is 3.27. The Hall–Kier alpha value is -1.23. The van der Waals surface area contributed by atoms with E-state index in [1.165, 1.54) is 5.56 Å². The van der Waals surface area contributed by atoms with Crippen molar-refractivity contribution in [1.29, 1.82) is 0 Å². The summed E-state index contributed by atoms with van der Waals surface area (Å²) in [7, 11) is 0. The molecule has 0 radical (unpaired) electrons. The molecule has 19 heavy (non-hydrogen) atoms. The minimum Gasteiger partial charge on any atom is -0.384 e. The molecule has 1 aliphatic carbocycles. The monoisotopic (exact) mass is 270 g/mol. The largest absolute Gasteiger partial charge is 0.406 e. The predicted molar refractivity (Wildman–Crippen MR) is 68.3 cm³/mol. The fourth-order valence-electron chi connectivity index (χ4n) is 2.79. The lowest BCUT2D eigenvalue weighted by molar-refractivity contribution is -0.165. The third kappa shape index (κ3) is 2.31. The molecule has 2 aliphatic rings. The minimum atomic E-state index is -4.11. The van der Waals surface area contributed by atoms with Crippen LogP contribution < -0.4 is 10.6 Å². The first-order chi connectivity index (χ1) is 9.02. The van der Waals surface area contributed by atoms with E-state index in [2.05, 4.69) is 16.7 Å². The van der Waals surface area contributed by atoms with Crippen molar-refractivity contribution in [2.24, 2.45) is 0 Å². The molecule has 1 fully saturated rings. The number of para-hydroxylation sites is 1. The second-order valence-electron chi connectivity index (χ2n) is 5.46. The quantitative estimate of drug-likeness (QED) is 0.877. The maximum absolute atomic E-state index is 12.8. The van der Waals surface area contributed by atoms with Crippen molar-refractivity contribution >= 4 is 5.69 Å². The van der Waals surface area contributed by atoms with E-state index in [1.807, 2.05) is 18.2 Å². The van der Waals surface area contributed by atoms with Crippen molar-refractivity contribution in [2.45, 2.75) is 36.9 Å². The van der Waals surface area contributed by atoms with E-state index < -0.39 is 11.7 Å². The zero-order chi connectivity index (χ0) is 13.5. The molecule has 0 amide bonds. The maximum atomic E-state index is 12.8. The van der Waals surface area contributed by atoms with Crippen LogP contribution in [0, 0.1) is 0 Å². The van der Waals surface area contributed by atoms with Crippen molar-refractivity contribution in [3.05, 3.63) is 29.8 Å². The third-order valence-corrected chi connectivity index (χ3v) is 4.19. The molecule has 5 heteroatoms. The van der Waals surface area contributed by atoms with Gasteiger partial charge in [0.15, 0.2) is 0 Å². The van der Waals surface area contributed by atoms with Crippen molar-refractivity contribution in [3.8, 4) is 0 Å². The summed E-state index contributed by atoms with van der Waals surface area (Å²) in [6.07, 6.45) is -2.94. The molecule has 0 aromatic heterocycles. The van der Waals surface area contributed by atoms with Gasteiger partial charge in [-0.05, 0) is 37.4 Å². The summed E-state index contributed by atoms with van der Waals surface area (Å²) in [5.41, 5.74) is 0.754. The van der Waals surface area contributed by atoms with Gasteiger partial charge in [0, 0.05) is 18.2 Å². The molecule has 1 aromatic rings. The zero-order valence-corrected chi connectivity index (χ0v) is 10.6. The van der Waals surface area contributed by atoms with E-state index in [4.69, 9.17) is 0 Å². The average Bonchev–Trinajstić information content (AvgIpc) is 3.05. The van der Waals surface area contributed by atoms with Gasteiger partial charge in [0.1, 0.15) is 5.54 Å². The summed E-state index contributed by atoms with van der Waals surface area (Å²) in [6.45, 7) is 1.24. The molecule has 0 saturated heterocycles. The lowest BCUT2D eigenvalue weighted by Gasteiger charge is -2.21. The van der Waals surface area contributed by atoms with Crippen LogP contribution >= 0.6 is 0 Å². The van der Waals surface area contributed by atoms with Crippen LogP contribution in [-0.4, -0.2) is 24.8 Å². The van der Waals surface area contributed by atoms with E-state index in [0.29, 0.717) is 12.5 Å². The van der Waals surface area contributed by atoms with Gasteiger partial charge in [-0.1, -0.05) is 18.2 Å². The van der Waals surface area contributed by atoms with Gasteiger partial charge < -0.3 is 10.6 Å². The normalized spacial score (nSPS) is 23.8. The Morgan fingerprint density at radius 1 is 1.26 bits per heavy atom. The Bertz CT molecular complexity index is 466. The fourth-order valence-corrected chi connectivity index (χ4v) is 2.79. The molecule has 1 atom stereocenters. The van der Waals surface area contributed by atoms with Crippen molar-refractivity contribution in [1.82, 2.24) is 5.32 Å². The highest BCUT2D eigenvalue weighted by atomic mass is 19.4. The first kappa shape index (κ1) is 12.8. The van der Waals surface area contributed by atoms with Crippen LogP contribution in [0.3, 0.4) is 0 Å². The molecule has 1 unspecified atom stereocenters. The number of halogens is 3. The van der Waals surface area contributed by atoms with E-state index >= 15 is 0 Å². The SMILES string of the molecule is FC(F)(F)C1(NCCC2CNc3ccccc32)CC1. The minimum absolute atomic E-state index is 0.218. The van der Waals surface area contributed by atoms with Crippen LogP contribution in [0.5, 0.6) is 0 Å². The van der Waals surface area contributed by atoms with Crippen LogP contribution in [0.4, 0.5) is 18.9 Å². The Morgan fingerprint density at radius 3 is 2.68 bits per heavy atom. The number of hydrogen-bond donors (Lipinski definition) is 2. The third-order valence-electron chi connectivity index (χ3n) is 4.19. The number of fused-ring (bicyclic) bond motifs is 1. The van der Waals surface area contributed by atoms with Gasteiger partial charge in [-0.25, -0.2) is 0 Å². The lowest BCUT2D eigenvalue weighted by atomic mass is 9.98. The molecule has 3 rings (SSSR count). The first-order valence-electron chi connectivity index (χ1n) is 6.66. The average molecular weight is 270 g/mol. The van der Waals surface area contributed by atoms with Crippen molar-refractivity contribution in [3.63, 3.8) is 0 Å². The summed E-state index contributed by atoms with van der Waals surface area (Å²) < 4.78 is 38.3. The lowest BCUT2D eigenvalue weighted by Crippen LogP contribution is -2.45. The van der Waals surface area contributed by atoms with Crippen molar-refractivity contribution < 1.29 is 13.2 Å². The van der Waals surface area contributed by atoms with Crippen LogP contribution in [0.15, 0.2) is 24.3 Å². The number of nitrogens with one attached hydrogen (secondary N) is 2. The number of anilines is 1. The second-order valence-corrected chi connectivity index (χ2v) is 5.46. The van der Waals surface area contributed by atoms with Gasteiger partial charge in [0.25, 0.3) is 0 Å². The Kier molecular flexibility index (Phi) is 2.96. The first-order valence-corrected chi connectivity index (χ1v) is 6.66. The molecule has 2 N–H and O–H groups in total. The fraction of sp³-hybridized carbons (Fsp3) is 0.571. The zero-order valence-electron chi connectivity index (χ0n) is 10.6. The van der Waals surface area contributed by atoms with Crippen LogP contribution in [-0.2, 0) is 0 Å². The van der Waals surface area contributed by atoms with Gasteiger partial charge in [-0.15, -0.1) is 0 Å². The number of benzene rings is 1. The molecular formula is C14H17F3N2. The highest BCUT2D eigenvalue weighted by Gasteiger charge is 2.62. The van der Waals surface area contributed by atoms with Gasteiger partial charge in [-0.2, -0.15) is 13.2 Å². The van der Waals surface area contributed by atoms with Gasteiger partial charge >= 0.3 is 6.18 Å². The highest BCUT2D eigenvalue weighted by molar-refractivity contribution is 5.57. The Morgan fingerprint density at radius 2 is 2.00 bits per heavy atom. The maximum Gasteiger partial charge on any atom is 0.406 e. The highest BCUT2D eigenvalue weighted by Crippen LogP contribution is 2.49. The molecule has 1 heterocycles. The van der Waals surface area contributed by atoms with E-state index in [1.54, 1.807) is 0 Å². The summed E-state index contributed by atoms with van der Waals surface area (Å²) in [6, 6.07) is 8.01. The molecule has 2 nitrogen and oxygen atoms in total. The topological polar surface area (TPSA) is 24.1 Å². The summed E-state index contributed by atoms with van der Waals surface area (Å²) in [5.74, 6) is 0.313. The number of rotatable bonds is 4. The summed E-state index contributed by atoms with van der Waals surface area (Å²) in [5, 5.41) is 6.01.